The first-order valence-electron chi connectivity index (χ1n) is 4.23. The van der Waals surface area contributed by atoms with Crippen molar-refractivity contribution in [2.45, 2.75) is 6.92 Å². The van der Waals surface area contributed by atoms with E-state index in [0.717, 1.165) is 0 Å². The number of aromatic carboxylic acids is 1. The average molecular weight is 205 g/mol. The number of hydrogen-bond acceptors (Lipinski definition) is 4. The molecule has 1 N–H and O–H groups in total. The minimum absolute atomic E-state index is 0.0313. The van der Waals surface area contributed by atoms with Gasteiger partial charge in [-0.2, -0.15) is 0 Å². The zero-order valence-corrected chi connectivity index (χ0v) is 7.85. The molecule has 0 aliphatic carbocycles. The van der Waals surface area contributed by atoms with E-state index >= 15 is 0 Å². The van der Waals surface area contributed by atoms with Gasteiger partial charge < -0.3 is 9.52 Å². The molecule has 0 fully saturated rings. The van der Waals surface area contributed by atoms with Crippen molar-refractivity contribution in [3.05, 3.63) is 29.7 Å². The molecule has 1 heterocycles. The Bertz CT molecular complexity index is 556. The lowest BCUT2D eigenvalue weighted by atomic mass is 10.2. The number of nitrogens with zero attached hydrogens (tertiary/aromatic N) is 1. The van der Waals surface area contributed by atoms with Crippen LogP contribution in [0.25, 0.3) is 11.1 Å². The van der Waals surface area contributed by atoms with Gasteiger partial charge in [0.2, 0.25) is 5.78 Å². The van der Waals surface area contributed by atoms with E-state index < -0.39 is 5.97 Å². The molecule has 0 radical (unpaired) electrons. The second-order valence-electron chi connectivity index (χ2n) is 3.03. The molecular weight excluding hydrogens is 198 g/mol. The molecule has 0 aliphatic heterocycles. The number of Topliss-reactive ketones (excluding diaryl/α,β-unsaturated/α-hetero) is 1. The summed E-state index contributed by atoms with van der Waals surface area (Å²) in [5.74, 6) is -1.50. The van der Waals surface area contributed by atoms with E-state index in [1.54, 1.807) is 12.1 Å². The van der Waals surface area contributed by atoms with Crippen molar-refractivity contribution in [3.63, 3.8) is 0 Å². The Morgan fingerprint density at radius 1 is 1.40 bits per heavy atom. The lowest BCUT2D eigenvalue weighted by molar-refractivity contribution is 0.0698. The lowest BCUT2D eigenvalue weighted by Gasteiger charge is -1.92. The van der Waals surface area contributed by atoms with E-state index in [1.807, 2.05) is 0 Å². The number of oxazole rings is 1. The highest BCUT2D eigenvalue weighted by atomic mass is 16.4. The summed E-state index contributed by atoms with van der Waals surface area (Å²) in [6.07, 6.45) is 0. The number of aromatic nitrogens is 1. The van der Waals surface area contributed by atoms with E-state index in [1.165, 1.54) is 13.0 Å². The third-order valence-electron chi connectivity index (χ3n) is 1.95. The van der Waals surface area contributed by atoms with E-state index in [9.17, 15) is 9.59 Å². The number of carboxylic acids is 1. The first-order chi connectivity index (χ1) is 7.09. The number of rotatable bonds is 2. The molecule has 0 atom stereocenters. The maximum Gasteiger partial charge on any atom is 0.338 e. The van der Waals surface area contributed by atoms with Crippen molar-refractivity contribution in [1.82, 2.24) is 4.98 Å². The van der Waals surface area contributed by atoms with Crippen LogP contribution in [0.1, 0.15) is 28.0 Å². The first kappa shape index (κ1) is 9.39. The van der Waals surface area contributed by atoms with Gasteiger partial charge in [-0.05, 0) is 12.1 Å². The summed E-state index contributed by atoms with van der Waals surface area (Å²) < 4.78 is 5.10. The average Bonchev–Trinajstić information content (AvgIpc) is 2.60. The summed E-state index contributed by atoms with van der Waals surface area (Å²) >= 11 is 0. The number of carbonyl (C=O) groups excluding carboxylic acids is 1. The Hall–Kier alpha value is -2.17. The van der Waals surface area contributed by atoms with Gasteiger partial charge in [-0.3, -0.25) is 4.79 Å². The smallest absolute Gasteiger partial charge is 0.338 e. The Kier molecular flexibility index (Phi) is 2.00. The maximum absolute atomic E-state index is 11.0. The van der Waals surface area contributed by atoms with Crippen molar-refractivity contribution in [3.8, 4) is 0 Å². The van der Waals surface area contributed by atoms with Crippen LogP contribution in [-0.2, 0) is 0 Å². The van der Waals surface area contributed by atoms with E-state index in [-0.39, 0.29) is 22.8 Å². The van der Waals surface area contributed by atoms with Crippen molar-refractivity contribution < 1.29 is 19.1 Å². The van der Waals surface area contributed by atoms with Crippen molar-refractivity contribution >= 4 is 22.9 Å². The molecule has 5 heteroatoms. The highest BCUT2D eigenvalue weighted by molar-refractivity contribution is 6.02. The minimum atomic E-state index is -1.09. The van der Waals surface area contributed by atoms with Crippen LogP contribution < -0.4 is 0 Å². The van der Waals surface area contributed by atoms with Crippen LogP contribution in [0.5, 0.6) is 0 Å². The molecule has 0 spiro atoms. The second kappa shape index (κ2) is 3.20. The topological polar surface area (TPSA) is 80.4 Å². The molecule has 0 saturated heterocycles. The van der Waals surface area contributed by atoms with Gasteiger partial charge in [-0.1, -0.05) is 6.07 Å². The van der Waals surface area contributed by atoms with Gasteiger partial charge in [0.1, 0.15) is 5.52 Å². The fourth-order valence-corrected chi connectivity index (χ4v) is 1.27. The number of hydrogen-bond donors (Lipinski definition) is 1. The Balaban J connectivity index is 2.75. The fourth-order valence-electron chi connectivity index (χ4n) is 1.27. The zero-order chi connectivity index (χ0) is 11.0. The molecule has 0 saturated carbocycles. The fraction of sp³-hybridized carbons (Fsp3) is 0.100. The van der Waals surface area contributed by atoms with Gasteiger partial charge >= 0.3 is 5.97 Å². The normalized spacial score (nSPS) is 10.5. The largest absolute Gasteiger partial charge is 0.478 e. The van der Waals surface area contributed by atoms with Crippen molar-refractivity contribution in [2.75, 3.05) is 0 Å². The molecule has 0 unspecified atom stereocenters. The monoisotopic (exact) mass is 205 g/mol. The predicted molar refractivity (Wildman–Crippen MR) is 51.0 cm³/mol. The van der Waals surface area contributed by atoms with Gasteiger partial charge in [0.25, 0.3) is 5.89 Å². The van der Waals surface area contributed by atoms with Gasteiger partial charge in [0.05, 0.1) is 5.56 Å². The predicted octanol–water partition coefficient (Wildman–Crippen LogP) is 1.73. The first-order valence-corrected chi connectivity index (χ1v) is 4.23. The van der Waals surface area contributed by atoms with E-state index in [2.05, 4.69) is 4.98 Å². The van der Waals surface area contributed by atoms with Gasteiger partial charge in [0.15, 0.2) is 5.58 Å². The number of para-hydroxylation sites is 1. The number of benzene rings is 1. The van der Waals surface area contributed by atoms with Crippen LogP contribution in [0, 0.1) is 0 Å². The summed E-state index contributed by atoms with van der Waals surface area (Å²) in [5, 5.41) is 8.86. The number of carbonyl (C=O) groups is 2. The van der Waals surface area contributed by atoms with Crippen LogP contribution in [-0.4, -0.2) is 21.8 Å². The maximum atomic E-state index is 11.0. The van der Waals surface area contributed by atoms with E-state index in [4.69, 9.17) is 9.52 Å². The summed E-state index contributed by atoms with van der Waals surface area (Å²) in [7, 11) is 0. The van der Waals surface area contributed by atoms with E-state index in [0.29, 0.717) is 5.58 Å². The lowest BCUT2D eigenvalue weighted by Crippen LogP contribution is -1.97. The molecule has 15 heavy (non-hydrogen) atoms. The summed E-state index contributed by atoms with van der Waals surface area (Å²) in [6, 6.07) is 4.53. The van der Waals surface area contributed by atoms with Gasteiger partial charge in [-0.25, -0.2) is 9.78 Å². The third-order valence-corrected chi connectivity index (χ3v) is 1.95. The molecule has 0 aliphatic rings. The SMILES string of the molecule is CC(=O)c1nc2c(C(=O)O)cccc2o1. The highest BCUT2D eigenvalue weighted by Gasteiger charge is 2.15. The number of carboxylic acid groups (broad SMARTS) is 1. The summed E-state index contributed by atoms with van der Waals surface area (Å²) in [4.78, 5) is 25.7. The molecule has 76 valence electrons. The minimum Gasteiger partial charge on any atom is -0.478 e. The molecule has 0 amide bonds. The zero-order valence-electron chi connectivity index (χ0n) is 7.85. The second-order valence-corrected chi connectivity index (χ2v) is 3.03. The van der Waals surface area contributed by atoms with Gasteiger partial charge in [0, 0.05) is 6.92 Å². The quantitative estimate of drug-likeness (QED) is 0.755. The molecule has 1 aromatic carbocycles. The molecule has 1 aromatic heterocycles. The third kappa shape index (κ3) is 1.48. The van der Waals surface area contributed by atoms with Crippen LogP contribution in [0.4, 0.5) is 0 Å². The van der Waals surface area contributed by atoms with Gasteiger partial charge in [-0.15, -0.1) is 0 Å². The Morgan fingerprint density at radius 3 is 2.73 bits per heavy atom. The van der Waals surface area contributed by atoms with Crippen LogP contribution in [0.2, 0.25) is 0 Å². The van der Waals surface area contributed by atoms with Crippen LogP contribution in [0.3, 0.4) is 0 Å². The van der Waals surface area contributed by atoms with Crippen molar-refractivity contribution in [2.24, 2.45) is 0 Å². The molecular formula is C10H7NO4. The summed E-state index contributed by atoms with van der Waals surface area (Å²) in [6.45, 7) is 1.31. The molecule has 2 aromatic rings. The Morgan fingerprint density at radius 2 is 2.13 bits per heavy atom. The van der Waals surface area contributed by atoms with Crippen LogP contribution in [0.15, 0.2) is 22.6 Å². The molecule has 0 bridgehead atoms. The van der Waals surface area contributed by atoms with Crippen LogP contribution >= 0.6 is 0 Å². The molecule has 2 rings (SSSR count). The highest BCUT2D eigenvalue weighted by Crippen LogP contribution is 2.19. The van der Waals surface area contributed by atoms with Crippen molar-refractivity contribution in [1.29, 1.82) is 0 Å². The Labute approximate surface area is 84.3 Å². The standard InChI is InChI=1S/C10H7NO4/c1-5(12)9-11-8-6(10(13)14)3-2-4-7(8)15-9/h2-4H,1H3,(H,13,14). The summed E-state index contributed by atoms with van der Waals surface area (Å²) in [5.41, 5.74) is 0.541. The molecule has 5 nitrogen and oxygen atoms in total. The number of ketones is 1. The number of fused-ring (bicyclic) bond motifs is 1.